The summed E-state index contributed by atoms with van der Waals surface area (Å²) < 4.78 is 0. The Morgan fingerprint density at radius 2 is 0.533 bits per heavy atom. The topological polar surface area (TPSA) is 285 Å². The normalized spacial score (nSPS) is 4.80. The molecule has 0 amide bonds. The molecule has 0 unspecified atom stereocenters. The molecule has 0 fully saturated rings. The van der Waals surface area contributed by atoms with Crippen LogP contribution in [0, 0.1) is 0 Å². The summed E-state index contributed by atoms with van der Waals surface area (Å²) in [4.78, 5) is 45.9. The van der Waals surface area contributed by atoms with E-state index in [1.54, 1.807) is 0 Å². The van der Waals surface area contributed by atoms with Gasteiger partial charge in [-0.2, -0.15) is 0 Å². The van der Waals surface area contributed by atoms with Crippen LogP contribution in [0.3, 0.4) is 0 Å². The fraction of sp³-hybridized carbons (Fsp3) is 0. The molecule has 0 rings (SSSR count). The van der Waals surface area contributed by atoms with Crippen LogP contribution in [0.5, 0.6) is 0 Å². The van der Waals surface area contributed by atoms with Gasteiger partial charge in [-0.3, -0.25) is 0 Å². The van der Waals surface area contributed by atoms with Crippen LogP contribution in [0.4, 0.5) is 0 Å². The Morgan fingerprint density at radius 1 is 0.533 bits per heavy atom. The van der Waals surface area contributed by atoms with E-state index < -0.39 is 17.2 Å². The van der Waals surface area contributed by atoms with Crippen molar-refractivity contribution in [1.29, 1.82) is 0 Å². The van der Waals surface area contributed by atoms with E-state index in [-0.39, 0.29) is 86.5 Å². The van der Waals surface area contributed by atoms with Crippen LogP contribution in [-0.2, 0) is 0 Å². The molecule has 0 aliphatic rings. The maximum absolute atomic E-state index is 8.70. The molecule has 0 aliphatic heterocycles. The van der Waals surface area contributed by atoms with Gasteiger partial charge in [0.25, 0.3) is 0 Å². The molecule has 92 valence electrons. The summed E-state index contributed by atoms with van der Waals surface area (Å²) in [5.74, 6) is 0. The molecule has 0 spiro atoms. The molecule has 0 saturated heterocycles. The number of rotatable bonds is 0. The van der Waals surface area contributed by atoms with Crippen LogP contribution in [0.15, 0.2) is 0 Å². The molecular formula is H14Na2O11P2. The van der Waals surface area contributed by atoms with Crippen LogP contribution >= 0.6 is 17.2 Å². The number of hydrogen-bond donors (Lipinski definition) is 4. The van der Waals surface area contributed by atoms with E-state index in [0.29, 0.717) is 0 Å². The minimum absolute atomic E-state index is 0. The second kappa shape index (κ2) is 55.1. The van der Waals surface area contributed by atoms with Gasteiger partial charge in [0.05, 0.1) is 17.2 Å². The quantitative estimate of drug-likeness (QED) is 0.248. The van der Waals surface area contributed by atoms with Crippen molar-refractivity contribution in [3.05, 3.63) is 0 Å². The maximum Gasteiger partial charge on any atom is 1.00 e. The Kier molecular flexibility index (Phi) is 243. The van der Waals surface area contributed by atoms with Gasteiger partial charge >= 0.3 is 59.1 Å². The van der Waals surface area contributed by atoms with Gasteiger partial charge < -0.3 is 56.7 Å². The summed E-state index contributed by atoms with van der Waals surface area (Å²) in [5, 5.41) is 0. The van der Waals surface area contributed by atoms with E-state index in [9.17, 15) is 0 Å². The Bertz CT molecular complexity index is 32.1. The molecule has 0 bridgehead atoms. The van der Waals surface area contributed by atoms with Crippen molar-refractivity contribution in [3.8, 4) is 0 Å². The summed E-state index contributed by atoms with van der Waals surface area (Å²) in [7, 11) is -5.74. The molecule has 0 saturated carbocycles. The largest absolute Gasteiger partial charge is 1.00 e. The summed E-state index contributed by atoms with van der Waals surface area (Å²) in [5.41, 5.74) is 0. The van der Waals surface area contributed by atoms with E-state index in [4.69, 9.17) is 29.4 Å². The van der Waals surface area contributed by atoms with Gasteiger partial charge in [-0.15, -0.1) is 0 Å². The first-order valence-electron chi connectivity index (χ1n) is 1.17. The second-order valence-electron chi connectivity index (χ2n) is 0.505. The van der Waals surface area contributed by atoms with E-state index in [0.717, 1.165) is 0 Å². The third-order valence-corrected chi connectivity index (χ3v) is 0. The fourth-order valence-corrected chi connectivity index (χ4v) is 0. The number of hydrogen-bond acceptors (Lipinski definition) is 6. The Balaban J connectivity index is -0.00000000468. The SMILES string of the molecule is O.O.O.O.O.[Na+].[Na+].[O-]P(O)O.[O-]P(O)O. The first-order valence-corrected chi connectivity index (χ1v) is 3.50. The standard InChI is InChI=1S/2Na.2H2O3P.5H2O/c;;2*1-4(2)3;;;;;/h;;2*1-2H;5*1H2/q2*+1;2*-1;;;;;. The van der Waals surface area contributed by atoms with Crippen molar-refractivity contribution in [2.45, 2.75) is 0 Å². The smallest absolute Gasteiger partial charge is 0.786 e. The van der Waals surface area contributed by atoms with Gasteiger partial charge in [-0.05, 0) is 0 Å². The fourth-order valence-electron chi connectivity index (χ4n) is 0. The molecule has 14 N–H and O–H groups in total. The molecule has 0 atom stereocenters. The van der Waals surface area contributed by atoms with E-state index in [1.807, 2.05) is 0 Å². The third-order valence-electron chi connectivity index (χ3n) is 0. The van der Waals surface area contributed by atoms with Gasteiger partial charge in [0.1, 0.15) is 0 Å². The van der Waals surface area contributed by atoms with Crippen LogP contribution in [0.25, 0.3) is 0 Å². The van der Waals surface area contributed by atoms with E-state index in [1.165, 1.54) is 0 Å². The summed E-state index contributed by atoms with van der Waals surface area (Å²) in [6.07, 6.45) is 0. The molecule has 0 aromatic carbocycles. The van der Waals surface area contributed by atoms with E-state index in [2.05, 4.69) is 0 Å². The van der Waals surface area contributed by atoms with Crippen molar-refractivity contribution in [1.82, 2.24) is 0 Å². The third kappa shape index (κ3) is 583. The molecule has 15 heavy (non-hydrogen) atoms. The average Bonchev–Trinajstić information content (AvgIpc) is 1.25. The zero-order valence-electron chi connectivity index (χ0n) is 8.00. The molecule has 0 aromatic rings. The minimum atomic E-state index is -2.87. The Morgan fingerprint density at radius 3 is 0.533 bits per heavy atom. The second-order valence-corrected chi connectivity index (χ2v) is 1.52. The first kappa shape index (κ1) is 66.2. The minimum Gasteiger partial charge on any atom is -0.786 e. The summed E-state index contributed by atoms with van der Waals surface area (Å²) in [6.45, 7) is 0. The zero-order valence-corrected chi connectivity index (χ0v) is 13.8. The van der Waals surface area contributed by atoms with Gasteiger partial charge in [0.2, 0.25) is 0 Å². The van der Waals surface area contributed by atoms with Crippen molar-refractivity contribution < 1.29 is 116 Å². The van der Waals surface area contributed by atoms with E-state index >= 15 is 0 Å². The zero-order chi connectivity index (χ0) is 7.15. The molecule has 0 aliphatic carbocycles. The van der Waals surface area contributed by atoms with Crippen molar-refractivity contribution >= 4 is 17.2 Å². The van der Waals surface area contributed by atoms with Crippen LogP contribution in [-0.4, -0.2) is 47.0 Å². The van der Waals surface area contributed by atoms with Crippen molar-refractivity contribution in [2.24, 2.45) is 0 Å². The molecular weight excluding hydrogens is 284 g/mol. The predicted octanol–water partition coefficient (Wildman–Crippen LogP) is -13.0. The van der Waals surface area contributed by atoms with Gasteiger partial charge in [0, 0.05) is 0 Å². The van der Waals surface area contributed by atoms with Gasteiger partial charge in [-0.1, -0.05) is 0 Å². The predicted molar refractivity (Wildman–Crippen MR) is 40.8 cm³/mol. The molecule has 0 aromatic heterocycles. The molecule has 11 nitrogen and oxygen atoms in total. The monoisotopic (exact) mass is 298 g/mol. The van der Waals surface area contributed by atoms with Crippen molar-refractivity contribution in [3.63, 3.8) is 0 Å². The Hall–Kier alpha value is 2.42. The van der Waals surface area contributed by atoms with Crippen molar-refractivity contribution in [2.75, 3.05) is 0 Å². The first-order chi connectivity index (χ1) is 3.46. The molecule has 0 heterocycles. The Labute approximate surface area is 132 Å². The van der Waals surface area contributed by atoms with Gasteiger partial charge in [-0.25, -0.2) is 0 Å². The van der Waals surface area contributed by atoms with Crippen LogP contribution < -0.4 is 68.9 Å². The summed E-state index contributed by atoms with van der Waals surface area (Å²) in [6, 6.07) is 0. The molecule has 15 heteroatoms. The molecule has 0 radical (unpaired) electrons. The average molecular weight is 298 g/mol. The maximum atomic E-state index is 8.70. The van der Waals surface area contributed by atoms with Crippen LogP contribution in [0.1, 0.15) is 0 Å². The van der Waals surface area contributed by atoms with Gasteiger partial charge in [0.15, 0.2) is 0 Å². The van der Waals surface area contributed by atoms with Crippen LogP contribution in [0.2, 0.25) is 0 Å². The summed E-state index contributed by atoms with van der Waals surface area (Å²) >= 11 is 0.